The molecule has 2 heterocycles. The molecule has 2 atom stereocenters. The van der Waals surface area contributed by atoms with Gasteiger partial charge < -0.3 is 9.64 Å². The Labute approximate surface area is 124 Å². The maximum atomic E-state index is 12.8. The van der Waals surface area contributed by atoms with Gasteiger partial charge in [-0.3, -0.25) is 9.36 Å². The molecule has 0 N–H and O–H groups in total. The second kappa shape index (κ2) is 5.69. The summed E-state index contributed by atoms with van der Waals surface area (Å²) in [5.41, 5.74) is 1.52. The molecular weight excluding hydrogens is 266 g/mol. The van der Waals surface area contributed by atoms with Crippen LogP contribution in [0.4, 0.5) is 0 Å². The third-order valence-corrected chi connectivity index (χ3v) is 3.60. The Hall–Kier alpha value is -2.14. The van der Waals surface area contributed by atoms with Crippen LogP contribution in [0.25, 0.3) is 5.69 Å². The van der Waals surface area contributed by atoms with Crippen molar-refractivity contribution in [1.29, 1.82) is 0 Å². The van der Waals surface area contributed by atoms with Crippen molar-refractivity contribution in [2.45, 2.75) is 26.1 Å². The molecule has 0 saturated carbocycles. The molecule has 0 radical (unpaired) electrons. The molecule has 5 nitrogen and oxygen atoms in total. The van der Waals surface area contributed by atoms with Crippen LogP contribution in [-0.4, -0.2) is 45.7 Å². The van der Waals surface area contributed by atoms with E-state index >= 15 is 0 Å². The lowest BCUT2D eigenvalue weighted by Crippen LogP contribution is -2.48. The summed E-state index contributed by atoms with van der Waals surface area (Å²) in [6.45, 7) is 5.21. The smallest absolute Gasteiger partial charge is 0.272 e. The fourth-order valence-electron chi connectivity index (χ4n) is 2.75. The lowest BCUT2D eigenvalue weighted by Gasteiger charge is -2.35. The fraction of sp³-hybridized carbons (Fsp3) is 0.375. The molecule has 21 heavy (non-hydrogen) atoms. The molecule has 0 spiro atoms. The van der Waals surface area contributed by atoms with Crippen molar-refractivity contribution in [3.63, 3.8) is 0 Å². The minimum Gasteiger partial charge on any atom is -0.372 e. The number of imidazole rings is 1. The maximum Gasteiger partial charge on any atom is 0.272 e. The zero-order chi connectivity index (χ0) is 14.8. The van der Waals surface area contributed by atoms with Crippen molar-refractivity contribution in [2.75, 3.05) is 13.1 Å². The normalized spacial score (nSPS) is 22.3. The molecule has 3 rings (SSSR count). The highest BCUT2D eigenvalue weighted by atomic mass is 16.5. The number of aromatic nitrogens is 2. The van der Waals surface area contributed by atoms with E-state index in [4.69, 9.17) is 4.74 Å². The summed E-state index contributed by atoms with van der Waals surface area (Å²) < 4.78 is 7.51. The summed E-state index contributed by atoms with van der Waals surface area (Å²) in [7, 11) is 0. The maximum absolute atomic E-state index is 12.8. The second-order valence-electron chi connectivity index (χ2n) is 5.45. The highest BCUT2D eigenvalue weighted by molar-refractivity contribution is 5.93. The molecule has 1 aliphatic heterocycles. The van der Waals surface area contributed by atoms with E-state index in [1.54, 1.807) is 12.5 Å². The zero-order valence-electron chi connectivity index (χ0n) is 12.3. The highest BCUT2D eigenvalue weighted by Crippen LogP contribution is 2.17. The number of morpholine rings is 1. The van der Waals surface area contributed by atoms with Crippen molar-refractivity contribution in [2.24, 2.45) is 0 Å². The van der Waals surface area contributed by atoms with Crippen LogP contribution in [-0.2, 0) is 4.74 Å². The number of hydrogen-bond acceptors (Lipinski definition) is 3. The molecule has 0 aliphatic carbocycles. The van der Waals surface area contributed by atoms with E-state index < -0.39 is 0 Å². The Morgan fingerprint density at radius 3 is 2.52 bits per heavy atom. The highest BCUT2D eigenvalue weighted by Gasteiger charge is 2.28. The van der Waals surface area contributed by atoms with Gasteiger partial charge in [-0.15, -0.1) is 0 Å². The number of ether oxygens (including phenoxy) is 1. The summed E-state index contributed by atoms with van der Waals surface area (Å²) >= 11 is 0. The van der Waals surface area contributed by atoms with Gasteiger partial charge in [-0.05, 0) is 26.0 Å². The average molecular weight is 285 g/mol. The van der Waals surface area contributed by atoms with Gasteiger partial charge in [0.15, 0.2) is 0 Å². The number of rotatable bonds is 2. The Balaban J connectivity index is 1.88. The van der Waals surface area contributed by atoms with Crippen LogP contribution in [0.2, 0.25) is 0 Å². The van der Waals surface area contributed by atoms with Gasteiger partial charge in [-0.25, -0.2) is 4.98 Å². The molecule has 5 heteroatoms. The van der Waals surface area contributed by atoms with E-state index in [-0.39, 0.29) is 18.1 Å². The zero-order valence-corrected chi connectivity index (χ0v) is 12.3. The molecule has 1 aromatic heterocycles. The quantitative estimate of drug-likeness (QED) is 0.849. The summed E-state index contributed by atoms with van der Waals surface area (Å²) in [4.78, 5) is 18.7. The van der Waals surface area contributed by atoms with Crippen molar-refractivity contribution in [3.8, 4) is 5.69 Å². The number of benzene rings is 1. The predicted molar refractivity (Wildman–Crippen MR) is 79.5 cm³/mol. The molecule has 0 unspecified atom stereocenters. The molecule has 1 aromatic carbocycles. The van der Waals surface area contributed by atoms with Gasteiger partial charge in [0.1, 0.15) is 5.69 Å². The lowest BCUT2D eigenvalue weighted by molar-refractivity contribution is -0.0587. The van der Waals surface area contributed by atoms with Crippen molar-refractivity contribution < 1.29 is 9.53 Å². The Morgan fingerprint density at radius 1 is 1.19 bits per heavy atom. The first-order valence-electron chi connectivity index (χ1n) is 7.17. The van der Waals surface area contributed by atoms with E-state index in [2.05, 4.69) is 4.98 Å². The van der Waals surface area contributed by atoms with Crippen molar-refractivity contribution >= 4 is 5.91 Å². The molecule has 110 valence electrons. The van der Waals surface area contributed by atoms with Crippen LogP contribution >= 0.6 is 0 Å². The van der Waals surface area contributed by atoms with Crippen LogP contribution in [0.3, 0.4) is 0 Å². The fourth-order valence-corrected chi connectivity index (χ4v) is 2.75. The first-order valence-corrected chi connectivity index (χ1v) is 7.17. The standard InChI is InChI=1S/C16H19N3O2/c1-12-9-18(10-13(2)21-12)16(20)15-8-17-11-19(15)14-6-4-3-5-7-14/h3-8,11-13H,9-10H2,1-2H3/t12-,13+. The van der Waals surface area contributed by atoms with Crippen LogP contribution in [0.5, 0.6) is 0 Å². The van der Waals surface area contributed by atoms with Gasteiger partial charge in [0.05, 0.1) is 24.7 Å². The number of para-hydroxylation sites is 1. The average Bonchev–Trinajstić information content (AvgIpc) is 2.95. The summed E-state index contributed by atoms with van der Waals surface area (Å²) in [5.74, 6) is -0.00152. The molecule has 0 bridgehead atoms. The topological polar surface area (TPSA) is 47.4 Å². The number of carbonyl (C=O) groups is 1. The molecule has 1 saturated heterocycles. The van der Waals surface area contributed by atoms with Crippen LogP contribution in [0.15, 0.2) is 42.9 Å². The van der Waals surface area contributed by atoms with Crippen LogP contribution < -0.4 is 0 Å². The van der Waals surface area contributed by atoms with Gasteiger partial charge in [-0.2, -0.15) is 0 Å². The third-order valence-electron chi connectivity index (χ3n) is 3.60. The van der Waals surface area contributed by atoms with Gasteiger partial charge in [0, 0.05) is 18.8 Å². The SMILES string of the molecule is C[C@@H]1CN(C(=O)c2cncn2-c2ccccc2)C[C@H](C)O1. The first kappa shape index (κ1) is 13.8. The van der Waals surface area contributed by atoms with Gasteiger partial charge in [0.2, 0.25) is 0 Å². The third kappa shape index (κ3) is 2.83. The molecule has 1 fully saturated rings. The number of amides is 1. The van der Waals surface area contributed by atoms with E-state index in [0.29, 0.717) is 18.8 Å². The van der Waals surface area contributed by atoms with Gasteiger partial charge in [0.25, 0.3) is 5.91 Å². The minimum atomic E-state index is -0.00152. The van der Waals surface area contributed by atoms with Gasteiger partial charge >= 0.3 is 0 Å². The number of nitrogens with zero attached hydrogens (tertiary/aromatic N) is 3. The summed E-state index contributed by atoms with van der Waals surface area (Å²) in [6.07, 6.45) is 3.42. The van der Waals surface area contributed by atoms with E-state index in [0.717, 1.165) is 5.69 Å². The second-order valence-corrected chi connectivity index (χ2v) is 5.45. The van der Waals surface area contributed by atoms with Crippen molar-refractivity contribution in [1.82, 2.24) is 14.5 Å². The predicted octanol–water partition coefficient (Wildman–Crippen LogP) is 2.12. The lowest BCUT2D eigenvalue weighted by atomic mass is 10.2. The summed E-state index contributed by atoms with van der Waals surface area (Å²) in [5, 5.41) is 0. The van der Waals surface area contributed by atoms with Crippen LogP contribution in [0.1, 0.15) is 24.3 Å². The summed E-state index contributed by atoms with van der Waals surface area (Å²) in [6, 6.07) is 9.77. The molecule has 2 aromatic rings. The molecular formula is C16H19N3O2. The van der Waals surface area contributed by atoms with E-state index in [9.17, 15) is 4.79 Å². The van der Waals surface area contributed by atoms with E-state index in [1.165, 1.54) is 0 Å². The van der Waals surface area contributed by atoms with E-state index in [1.807, 2.05) is 53.6 Å². The first-order chi connectivity index (χ1) is 10.1. The Morgan fingerprint density at radius 2 is 1.86 bits per heavy atom. The Kier molecular flexibility index (Phi) is 3.75. The molecule has 1 amide bonds. The monoisotopic (exact) mass is 285 g/mol. The van der Waals surface area contributed by atoms with Crippen LogP contribution in [0, 0.1) is 0 Å². The number of hydrogen-bond donors (Lipinski definition) is 0. The minimum absolute atomic E-state index is 0.00152. The molecule has 1 aliphatic rings. The van der Waals surface area contributed by atoms with Crippen molar-refractivity contribution in [3.05, 3.63) is 48.5 Å². The van der Waals surface area contributed by atoms with Gasteiger partial charge in [-0.1, -0.05) is 18.2 Å². The largest absolute Gasteiger partial charge is 0.372 e. The number of carbonyl (C=O) groups excluding carboxylic acids is 1. The Bertz CT molecular complexity index is 613.